The minimum Gasteiger partial charge on any atom is -0.444 e. The zero-order valence-electron chi connectivity index (χ0n) is 14.9. The number of allylic oxidation sites excluding steroid dienone is 1. The van der Waals surface area contributed by atoms with E-state index in [1.165, 1.54) is 4.90 Å². The summed E-state index contributed by atoms with van der Waals surface area (Å²) in [4.78, 5) is 28.1. The van der Waals surface area contributed by atoms with E-state index in [4.69, 9.17) is 10.5 Å². The molecule has 26 heavy (non-hydrogen) atoms. The molecule has 0 aromatic heterocycles. The van der Waals surface area contributed by atoms with E-state index >= 15 is 0 Å². The number of carbonyl (C=O) groups excluding carboxylic acids is 2. The number of hydrogen-bond donors (Lipinski definition) is 1. The number of nitrogens with two attached hydrogens (primary N) is 1. The average molecular weight is 349 g/mol. The number of anilines is 1. The standard InChI is InChI=1S/C20H19N3O3/c1-19(2)8-14(24)16-15(9-19)26-17(22)12(10-21)20(16)11-6-4-5-7-13(11)23(3)18(20)25/h4-7H,8-9,22H2,1-3H3/t20-/m1/s1. The van der Waals surface area contributed by atoms with Crippen LogP contribution in [0.1, 0.15) is 32.3 Å². The number of benzene rings is 1. The van der Waals surface area contributed by atoms with Gasteiger partial charge in [-0.15, -0.1) is 0 Å². The highest BCUT2D eigenvalue weighted by molar-refractivity contribution is 6.19. The lowest BCUT2D eigenvalue weighted by atomic mass is 9.62. The van der Waals surface area contributed by atoms with Crippen molar-refractivity contribution in [3.63, 3.8) is 0 Å². The Bertz CT molecular complexity index is 980. The Labute approximate surface area is 151 Å². The van der Waals surface area contributed by atoms with Crippen LogP contribution in [0.2, 0.25) is 0 Å². The monoisotopic (exact) mass is 349 g/mol. The number of likely N-dealkylation sites (N-methyl/N-ethyl adjacent to an activating group) is 1. The van der Waals surface area contributed by atoms with Crippen molar-refractivity contribution in [2.45, 2.75) is 32.1 Å². The fourth-order valence-corrected chi connectivity index (χ4v) is 4.44. The third kappa shape index (κ3) is 1.80. The molecule has 1 spiro atoms. The predicted molar refractivity (Wildman–Crippen MR) is 94.5 cm³/mol. The maximum Gasteiger partial charge on any atom is 0.247 e. The van der Waals surface area contributed by atoms with E-state index in [0.29, 0.717) is 23.4 Å². The maximum absolute atomic E-state index is 13.5. The zero-order chi connectivity index (χ0) is 18.9. The van der Waals surface area contributed by atoms with Gasteiger partial charge in [0.15, 0.2) is 5.78 Å². The highest BCUT2D eigenvalue weighted by Crippen LogP contribution is 2.56. The van der Waals surface area contributed by atoms with E-state index in [-0.39, 0.29) is 40.6 Å². The van der Waals surface area contributed by atoms with E-state index in [0.717, 1.165) is 0 Å². The number of carbonyl (C=O) groups is 2. The molecule has 0 bridgehead atoms. The van der Waals surface area contributed by atoms with Gasteiger partial charge in [-0.25, -0.2) is 0 Å². The summed E-state index contributed by atoms with van der Waals surface area (Å²) in [6.07, 6.45) is 0.767. The van der Waals surface area contributed by atoms with Crippen molar-refractivity contribution >= 4 is 17.4 Å². The smallest absolute Gasteiger partial charge is 0.247 e. The molecule has 0 unspecified atom stereocenters. The van der Waals surface area contributed by atoms with Gasteiger partial charge in [0.2, 0.25) is 11.8 Å². The molecule has 1 aromatic rings. The summed E-state index contributed by atoms with van der Waals surface area (Å²) in [6, 6.07) is 9.25. The van der Waals surface area contributed by atoms with Crippen molar-refractivity contribution in [1.29, 1.82) is 5.26 Å². The van der Waals surface area contributed by atoms with E-state index in [2.05, 4.69) is 0 Å². The first kappa shape index (κ1) is 16.4. The molecule has 132 valence electrons. The number of ether oxygens (including phenoxy) is 1. The third-order valence-corrected chi connectivity index (χ3v) is 5.47. The van der Waals surface area contributed by atoms with Gasteiger partial charge in [0.05, 0.1) is 5.57 Å². The van der Waals surface area contributed by atoms with Gasteiger partial charge in [-0.05, 0) is 11.5 Å². The van der Waals surface area contributed by atoms with Crippen molar-refractivity contribution in [3.8, 4) is 6.07 Å². The van der Waals surface area contributed by atoms with Gasteiger partial charge in [0.25, 0.3) is 0 Å². The summed E-state index contributed by atoms with van der Waals surface area (Å²) in [7, 11) is 1.65. The van der Waals surface area contributed by atoms with E-state index in [1.54, 1.807) is 25.2 Å². The minimum absolute atomic E-state index is 0.00824. The topological polar surface area (TPSA) is 96.4 Å². The maximum atomic E-state index is 13.5. The number of hydrogen-bond acceptors (Lipinski definition) is 5. The summed E-state index contributed by atoms with van der Waals surface area (Å²) in [5.41, 5.74) is 5.80. The Balaban J connectivity index is 2.12. The van der Waals surface area contributed by atoms with Gasteiger partial charge in [0.1, 0.15) is 22.8 Å². The second kappa shape index (κ2) is 4.98. The summed E-state index contributed by atoms with van der Waals surface area (Å²) in [6.45, 7) is 3.95. The number of para-hydroxylation sites is 1. The molecule has 1 aliphatic carbocycles. The molecule has 0 fully saturated rings. The molecular weight excluding hydrogens is 330 g/mol. The normalized spacial score (nSPS) is 26.6. The number of nitrogens with zero attached hydrogens (tertiary/aromatic N) is 2. The van der Waals surface area contributed by atoms with Crippen LogP contribution in [0.25, 0.3) is 0 Å². The second-order valence-corrected chi connectivity index (χ2v) is 7.82. The van der Waals surface area contributed by atoms with Crippen molar-refractivity contribution in [1.82, 2.24) is 0 Å². The van der Waals surface area contributed by atoms with Crippen LogP contribution in [0.15, 0.2) is 47.1 Å². The molecule has 4 rings (SSSR count). The molecule has 1 atom stereocenters. The number of rotatable bonds is 0. The molecule has 2 heterocycles. The average Bonchev–Trinajstić information content (AvgIpc) is 2.77. The molecule has 2 N–H and O–H groups in total. The van der Waals surface area contributed by atoms with E-state index < -0.39 is 5.41 Å². The van der Waals surface area contributed by atoms with Crippen LogP contribution in [0, 0.1) is 16.7 Å². The predicted octanol–water partition coefficient (Wildman–Crippen LogP) is 2.27. The highest BCUT2D eigenvalue weighted by Gasteiger charge is 2.62. The quantitative estimate of drug-likeness (QED) is 0.775. The summed E-state index contributed by atoms with van der Waals surface area (Å²) >= 11 is 0. The largest absolute Gasteiger partial charge is 0.444 e. The van der Waals surface area contributed by atoms with Crippen LogP contribution in [-0.4, -0.2) is 18.7 Å². The lowest BCUT2D eigenvalue weighted by Crippen LogP contribution is -2.49. The SMILES string of the molecule is CN1C(=O)[C@@]2(C(C#N)=C(N)OC3=C2C(=O)CC(C)(C)C3)c2ccccc21. The first-order valence-corrected chi connectivity index (χ1v) is 8.46. The van der Waals surface area contributed by atoms with Gasteiger partial charge in [-0.2, -0.15) is 5.26 Å². The van der Waals surface area contributed by atoms with Crippen LogP contribution >= 0.6 is 0 Å². The van der Waals surface area contributed by atoms with Gasteiger partial charge in [-0.3, -0.25) is 9.59 Å². The third-order valence-electron chi connectivity index (χ3n) is 5.47. The number of nitriles is 1. The summed E-state index contributed by atoms with van der Waals surface area (Å²) < 4.78 is 5.71. The Kier molecular flexibility index (Phi) is 3.14. The molecular formula is C20H19N3O3. The van der Waals surface area contributed by atoms with E-state index in [1.807, 2.05) is 26.0 Å². The highest BCUT2D eigenvalue weighted by atomic mass is 16.5. The molecule has 0 radical (unpaired) electrons. The van der Waals surface area contributed by atoms with Gasteiger partial charge in [0, 0.05) is 31.1 Å². The lowest BCUT2D eigenvalue weighted by molar-refractivity contribution is -0.125. The molecule has 0 saturated heterocycles. The minimum atomic E-state index is -1.51. The molecule has 1 amide bonds. The Hall–Kier alpha value is -3.07. The Morgan fingerprint density at radius 1 is 1.23 bits per heavy atom. The van der Waals surface area contributed by atoms with E-state index in [9.17, 15) is 14.9 Å². The molecule has 1 aromatic carbocycles. The second-order valence-electron chi connectivity index (χ2n) is 7.82. The van der Waals surface area contributed by atoms with Crippen molar-refractivity contribution in [2.24, 2.45) is 11.1 Å². The van der Waals surface area contributed by atoms with Crippen molar-refractivity contribution in [3.05, 3.63) is 52.6 Å². The number of Topliss-reactive ketones (excluding diaryl/α,β-unsaturated/α-hetero) is 1. The van der Waals surface area contributed by atoms with Gasteiger partial charge in [-0.1, -0.05) is 32.0 Å². The van der Waals surface area contributed by atoms with Crippen LogP contribution < -0.4 is 10.6 Å². The van der Waals surface area contributed by atoms with Crippen LogP contribution in [-0.2, 0) is 19.7 Å². The Morgan fingerprint density at radius 2 is 1.92 bits per heavy atom. The number of amides is 1. The Morgan fingerprint density at radius 3 is 2.62 bits per heavy atom. The van der Waals surface area contributed by atoms with Crippen molar-refractivity contribution in [2.75, 3.05) is 11.9 Å². The fourth-order valence-electron chi connectivity index (χ4n) is 4.44. The molecule has 6 heteroatoms. The van der Waals surface area contributed by atoms with Gasteiger partial charge < -0.3 is 15.4 Å². The van der Waals surface area contributed by atoms with Gasteiger partial charge >= 0.3 is 0 Å². The molecule has 0 saturated carbocycles. The zero-order valence-corrected chi connectivity index (χ0v) is 14.9. The number of fused-ring (bicyclic) bond motifs is 3. The molecule has 6 nitrogen and oxygen atoms in total. The molecule has 2 aliphatic heterocycles. The number of ketones is 1. The first-order valence-electron chi connectivity index (χ1n) is 8.46. The molecule has 3 aliphatic rings. The summed E-state index contributed by atoms with van der Waals surface area (Å²) in [5, 5.41) is 9.82. The first-order chi connectivity index (χ1) is 12.2. The fraction of sp³-hybridized carbons (Fsp3) is 0.350. The van der Waals surface area contributed by atoms with Crippen LogP contribution in [0.3, 0.4) is 0 Å². The van der Waals surface area contributed by atoms with Crippen LogP contribution in [0.4, 0.5) is 5.69 Å². The van der Waals surface area contributed by atoms with Crippen molar-refractivity contribution < 1.29 is 14.3 Å². The van der Waals surface area contributed by atoms with Crippen LogP contribution in [0.5, 0.6) is 0 Å². The summed E-state index contributed by atoms with van der Waals surface area (Å²) in [5.74, 6) is -0.214. The lowest BCUT2D eigenvalue weighted by Gasteiger charge is -2.41.